The summed E-state index contributed by atoms with van der Waals surface area (Å²) in [7, 11) is 0. The molecule has 1 N–H and O–H groups in total. The van der Waals surface area contributed by atoms with E-state index in [9.17, 15) is 4.79 Å². The summed E-state index contributed by atoms with van der Waals surface area (Å²) < 4.78 is 10.7. The molecule has 1 saturated heterocycles. The van der Waals surface area contributed by atoms with E-state index in [2.05, 4.69) is 5.32 Å². The van der Waals surface area contributed by atoms with Gasteiger partial charge in [0.15, 0.2) is 0 Å². The van der Waals surface area contributed by atoms with Crippen molar-refractivity contribution in [3.8, 4) is 11.3 Å². The third-order valence-corrected chi connectivity index (χ3v) is 4.18. The molecule has 5 heteroatoms. The Morgan fingerprint density at radius 3 is 2.57 bits per heavy atom. The number of ether oxygens (including phenoxy) is 1. The van der Waals surface area contributed by atoms with E-state index in [1.807, 2.05) is 48.2 Å². The van der Waals surface area contributed by atoms with E-state index in [4.69, 9.17) is 9.15 Å². The van der Waals surface area contributed by atoms with Crippen molar-refractivity contribution in [2.45, 2.75) is 25.8 Å². The van der Waals surface area contributed by atoms with E-state index in [0.29, 0.717) is 6.54 Å². The lowest BCUT2D eigenvalue weighted by molar-refractivity contribution is 0.0494. The predicted molar refractivity (Wildman–Crippen MR) is 89.4 cm³/mol. The summed E-state index contributed by atoms with van der Waals surface area (Å²) in [6, 6.07) is 11.7. The minimum atomic E-state index is -0.0508. The molecule has 0 bridgehead atoms. The quantitative estimate of drug-likeness (QED) is 0.928. The van der Waals surface area contributed by atoms with Crippen LogP contribution >= 0.6 is 0 Å². The maximum absolute atomic E-state index is 12.5. The number of carbonyl (C=O) groups is 1. The van der Waals surface area contributed by atoms with Crippen LogP contribution in [-0.4, -0.2) is 36.7 Å². The van der Waals surface area contributed by atoms with Crippen molar-refractivity contribution < 1.29 is 13.9 Å². The number of hydrogen-bond acceptors (Lipinski definition) is 3. The van der Waals surface area contributed by atoms with Crippen molar-refractivity contribution in [3.05, 3.63) is 42.7 Å². The first-order chi connectivity index (χ1) is 11.3. The summed E-state index contributed by atoms with van der Waals surface area (Å²) in [6.45, 7) is 4.16. The van der Waals surface area contributed by atoms with E-state index >= 15 is 0 Å². The molecule has 1 aliphatic rings. The average molecular weight is 314 g/mol. The van der Waals surface area contributed by atoms with E-state index in [1.165, 1.54) is 0 Å². The highest BCUT2D eigenvalue weighted by Crippen LogP contribution is 2.22. The second-order valence-corrected chi connectivity index (χ2v) is 5.61. The molecule has 0 saturated carbocycles. The summed E-state index contributed by atoms with van der Waals surface area (Å²) in [4.78, 5) is 14.4. The van der Waals surface area contributed by atoms with Crippen LogP contribution in [0.5, 0.6) is 0 Å². The summed E-state index contributed by atoms with van der Waals surface area (Å²) in [6.07, 6.45) is 3.45. The molecule has 23 heavy (non-hydrogen) atoms. The molecule has 1 aliphatic heterocycles. The molecular weight excluding hydrogens is 292 g/mol. The topological polar surface area (TPSA) is 54.7 Å². The SMILES string of the molecule is CCN(C(=O)Nc1ccc(-c2ccco2)cc1)C1CCOCC1. The van der Waals surface area contributed by atoms with Gasteiger partial charge in [0.1, 0.15) is 5.76 Å². The third kappa shape index (κ3) is 3.74. The minimum Gasteiger partial charge on any atom is -0.464 e. The predicted octanol–water partition coefficient (Wildman–Crippen LogP) is 3.98. The fourth-order valence-corrected chi connectivity index (χ4v) is 2.92. The van der Waals surface area contributed by atoms with Gasteiger partial charge in [-0.2, -0.15) is 0 Å². The van der Waals surface area contributed by atoms with Crippen LogP contribution in [0.25, 0.3) is 11.3 Å². The third-order valence-electron chi connectivity index (χ3n) is 4.18. The van der Waals surface area contributed by atoms with Gasteiger partial charge in [0.05, 0.1) is 6.26 Å². The fourth-order valence-electron chi connectivity index (χ4n) is 2.92. The Labute approximate surface area is 136 Å². The van der Waals surface area contributed by atoms with Crippen LogP contribution in [0.2, 0.25) is 0 Å². The van der Waals surface area contributed by atoms with Crippen molar-refractivity contribution >= 4 is 11.7 Å². The van der Waals surface area contributed by atoms with Gasteiger partial charge in [0.2, 0.25) is 0 Å². The fraction of sp³-hybridized carbons (Fsp3) is 0.389. The number of carbonyl (C=O) groups excluding carboxylic acids is 1. The molecule has 0 radical (unpaired) electrons. The van der Waals surface area contributed by atoms with Gasteiger partial charge >= 0.3 is 6.03 Å². The number of nitrogens with zero attached hydrogens (tertiary/aromatic N) is 1. The van der Waals surface area contributed by atoms with Crippen LogP contribution in [0.3, 0.4) is 0 Å². The molecule has 5 nitrogen and oxygen atoms in total. The Bertz CT molecular complexity index is 616. The van der Waals surface area contributed by atoms with Crippen LogP contribution in [0.1, 0.15) is 19.8 Å². The number of anilines is 1. The van der Waals surface area contributed by atoms with Gasteiger partial charge in [-0.25, -0.2) is 4.79 Å². The van der Waals surface area contributed by atoms with E-state index in [-0.39, 0.29) is 12.1 Å². The number of urea groups is 1. The van der Waals surface area contributed by atoms with E-state index in [1.54, 1.807) is 6.26 Å². The monoisotopic (exact) mass is 314 g/mol. The first kappa shape index (κ1) is 15.6. The smallest absolute Gasteiger partial charge is 0.322 e. The molecule has 2 amide bonds. The van der Waals surface area contributed by atoms with Gasteiger partial charge in [-0.15, -0.1) is 0 Å². The number of amides is 2. The molecule has 2 aromatic rings. The molecule has 3 rings (SSSR count). The van der Waals surface area contributed by atoms with Gasteiger partial charge in [0, 0.05) is 37.1 Å². The normalized spacial score (nSPS) is 15.3. The maximum Gasteiger partial charge on any atom is 0.322 e. The van der Waals surface area contributed by atoms with Crippen LogP contribution in [0.4, 0.5) is 10.5 Å². The zero-order valence-corrected chi connectivity index (χ0v) is 13.3. The van der Waals surface area contributed by atoms with Crippen molar-refractivity contribution in [1.29, 1.82) is 0 Å². The Morgan fingerprint density at radius 2 is 1.96 bits per heavy atom. The Kier molecular flexibility index (Phi) is 4.98. The molecule has 122 valence electrons. The zero-order valence-electron chi connectivity index (χ0n) is 13.3. The lowest BCUT2D eigenvalue weighted by atomic mass is 10.1. The standard InChI is InChI=1S/C18H22N2O3/c1-2-20(16-9-12-22-13-10-16)18(21)19-15-7-5-14(6-8-15)17-4-3-11-23-17/h3-8,11,16H,2,9-10,12-13H2,1H3,(H,19,21). The first-order valence-corrected chi connectivity index (χ1v) is 8.07. The molecule has 1 fully saturated rings. The van der Waals surface area contributed by atoms with Crippen LogP contribution < -0.4 is 5.32 Å². The van der Waals surface area contributed by atoms with Crippen molar-refractivity contribution in [2.75, 3.05) is 25.1 Å². The molecule has 1 aromatic carbocycles. The van der Waals surface area contributed by atoms with Gasteiger partial charge < -0.3 is 19.4 Å². The number of hydrogen-bond donors (Lipinski definition) is 1. The van der Waals surface area contributed by atoms with Crippen LogP contribution in [-0.2, 0) is 4.74 Å². The number of furan rings is 1. The van der Waals surface area contributed by atoms with Crippen molar-refractivity contribution in [2.24, 2.45) is 0 Å². The number of rotatable bonds is 4. The summed E-state index contributed by atoms with van der Waals surface area (Å²) in [5.41, 5.74) is 1.78. The van der Waals surface area contributed by atoms with Crippen molar-refractivity contribution in [1.82, 2.24) is 4.90 Å². The summed E-state index contributed by atoms with van der Waals surface area (Å²) >= 11 is 0. The Morgan fingerprint density at radius 1 is 1.22 bits per heavy atom. The lowest BCUT2D eigenvalue weighted by Gasteiger charge is -2.33. The molecule has 2 heterocycles. The van der Waals surface area contributed by atoms with E-state index < -0.39 is 0 Å². The lowest BCUT2D eigenvalue weighted by Crippen LogP contribution is -2.45. The molecular formula is C18H22N2O3. The molecule has 0 unspecified atom stereocenters. The van der Waals surface area contributed by atoms with Crippen LogP contribution in [0.15, 0.2) is 47.1 Å². The highest BCUT2D eigenvalue weighted by Gasteiger charge is 2.24. The Balaban J connectivity index is 1.64. The highest BCUT2D eigenvalue weighted by molar-refractivity contribution is 5.89. The van der Waals surface area contributed by atoms with Gasteiger partial charge in [-0.3, -0.25) is 0 Å². The zero-order chi connectivity index (χ0) is 16.1. The minimum absolute atomic E-state index is 0.0508. The molecule has 0 atom stereocenters. The molecule has 0 aliphatic carbocycles. The number of benzene rings is 1. The second-order valence-electron chi connectivity index (χ2n) is 5.61. The summed E-state index contributed by atoms with van der Waals surface area (Å²) in [5.74, 6) is 0.820. The first-order valence-electron chi connectivity index (χ1n) is 8.07. The van der Waals surface area contributed by atoms with Gasteiger partial charge in [-0.1, -0.05) is 0 Å². The van der Waals surface area contributed by atoms with E-state index in [0.717, 1.165) is 43.1 Å². The largest absolute Gasteiger partial charge is 0.464 e. The molecule has 0 spiro atoms. The van der Waals surface area contributed by atoms with Gasteiger partial charge in [0.25, 0.3) is 0 Å². The van der Waals surface area contributed by atoms with Crippen LogP contribution in [0, 0.1) is 0 Å². The molecule has 1 aromatic heterocycles. The number of nitrogens with one attached hydrogen (secondary N) is 1. The van der Waals surface area contributed by atoms with Crippen molar-refractivity contribution in [3.63, 3.8) is 0 Å². The Hall–Kier alpha value is -2.27. The second kappa shape index (κ2) is 7.33. The maximum atomic E-state index is 12.5. The average Bonchev–Trinajstić information content (AvgIpc) is 3.12. The summed E-state index contributed by atoms with van der Waals surface area (Å²) in [5, 5.41) is 2.98. The van der Waals surface area contributed by atoms with Gasteiger partial charge in [-0.05, 0) is 56.2 Å². The highest BCUT2D eigenvalue weighted by atomic mass is 16.5.